The molecule has 0 fully saturated rings. The number of nitrogens with zero attached hydrogens (tertiary/aromatic N) is 2. The fourth-order valence-electron chi connectivity index (χ4n) is 1.91. The number of methoxy groups -OCH3 is 1. The minimum absolute atomic E-state index is 0.769. The van der Waals surface area contributed by atoms with Crippen LogP contribution in [0, 0.1) is 0 Å². The van der Waals surface area contributed by atoms with Crippen molar-refractivity contribution in [3.63, 3.8) is 0 Å². The Morgan fingerprint density at radius 3 is 2.71 bits per heavy atom. The second-order valence-corrected chi connectivity index (χ2v) is 6.50. The first-order valence-electron chi connectivity index (χ1n) is 6.25. The molecule has 0 aliphatic rings. The normalized spacial score (nSPS) is 10.4. The van der Waals surface area contributed by atoms with Gasteiger partial charge in [-0.2, -0.15) is 0 Å². The van der Waals surface area contributed by atoms with Crippen molar-refractivity contribution in [2.75, 3.05) is 12.4 Å². The van der Waals surface area contributed by atoms with E-state index in [2.05, 4.69) is 31.2 Å². The van der Waals surface area contributed by atoms with E-state index in [0.717, 1.165) is 31.7 Å². The van der Waals surface area contributed by atoms with Crippen LogP contribution in [0.2, 0.25) is 0 Å². The van der Waals surface area contributed by atoms with Crippen LogP contribution >= 0.6 is 27.3 Å². The number of halogens is 1. The van der Waals surface area contributed by atoms with Gasteiger partial charge in [-0.15, -0.1) is 0 Å². The maximum atomic E-state index is 5.39. The number of benzene rings is 1. The van der Waals surface area contributed by atoms with Crippen LogP contribution in [0.4, 0.5) is 10.9 Å². The fourth-order valence-corrected chi connectivity index (χ4v) is 3.38. The van der Waals surface area contributed by atoms with E-state index in [0.29, 0.717) is 0 Å². The summed E-state index contributed by atoms with van der Waals surface area (Å²) in [6.07, 6.45) is 1.74. The van der Waals surface area contributed by atoms with Gasteiger partial charge in [-0.3, -0.25) is 0 Å². The summed E-state index contributed by atoms with van der Waals surface area (Å²) < 4.78 is 6.34. The first-order valence-corrected chi connectivity index (χ1v) is 7.86. The van der Waals surface area contributed by atoms with E-state index < -0.39 is 0 Å². The second-order valence-electron chi connectivity index (χ2n) is 4.18. The van der Waals surface area contributed by atoms with Gasteiger partial charge in [-0.25, -0.2) is 9.97 Å². The summed E-state index contributed by atoms with van der Waals surface area (Å²) in [6.45, 7) is 0. The van der Waals surface area contributed by atoms with Gasteiger partial charge in [-0.05, 0) is 40.2 Å². The maximum Gasteiger partial charge on any atom is 0.190 e. The molecule has 6 heteroatoms. The van der Waals surface area contributed by atoms with Crippen molar-refractivity contribution in [1.29, 1.82) is 0 Å². The SMILES string of the molecule is COc1ccccc1-c1nc(Nc2ccccn2)sc1Br. The molecule has 2 heterocycles. The van der Waals surface area contributed by atoms with E-state index in [1.165, 1.54) is 11.3 Å². The molecule has 0 amide bonds. The topological polar surface area (TPSA) is 47.0 Å². The number of rotatable bonds is 4. The van der Waals surface area contributed by atoms with Crippen molar-refractivity contribution in [2.45, 2.75) is 0 Å². The third-order valence-electron chi connectivity index (χ3n) is 2.85. The smallest absolute Gasteiger partial charge is 0.190 e. The molecule has 0 bridgehead atoms. The number of pyridine rings is 1. The zero-order valence-electron chi connectivity index (χ0n) is 11.2. The van der Waals surface area contributed by atoms with Gasteiger partial charge in [0.05, 0.1) is 10.9 Å². The Bertz CT molecular complexity index is 746. The van der Waals surface area contributed by atoms with Crippen molar-refractivity contribution in [3.8, 4) is 17.0 Å². The summed E-state index contributed by atoms with van der Waals surface area (Å²) in [5.74, 6) is 1.57. The molecular formula is C15H12BrN3OS. The Hall–Kier alpha value is -1.92. The lowest BCUT2D eigenvalue weighted by atomic mass is 10.1. The lowest BCUT2D eigenvalue weighted by molar-refractivity contribution is 0.416. The van der Waals surface area contributed by atoms with Crippen LogP contribution in [-0.4, -0.2) is 17.1 Å². The van der Waals surface area contributed by atoms with Crippen LogP contribution in [0.25, 0.3) is 11.3 Å². The highest BCUT2D eigenvalue weighted by atomic mass is 79.9. The minimum atomic E-state index is 0.769. The molecule has 0 unspecified atom stereocenters. The summed E-state index contributed by atoms with van der Waals surface area (Å²) in [4.78, 5) is 8.86. The Kier molecular flexibility index (Phi) is 4.17. The highest BCUT2D eigenvalue weighted by Gasteiger charge is 2.15. The van der Waals surface area contributed by atoms with E-state index in [9.17, 15) is 0 Å². The van der Waals surface area contributed by atoms with Crippen LogP contribution in [0.15, 0.2) is 52.4 Å². The van der Waals surface area contributed by atoms with Crippen molar-refractivity contribution in [3.05, 3.63) is 52.4 Å². The zero-order valence-corrected chi connectivity index (χ0v) is 13.6. The fraction of sp³-hybridized carbons (Fsp3) is 0.0667. The zero-order chi connectivity index (χ0) is 14.7. The first kappa shape index (κ1) is 14.0. The largest absolute Gasteiger partial charge is 0.496 e. The Morgan fingerprint density at radius 2 is 1.95 bits per heavy atom. The van der Waals surface area contributed by atoms with Crippen LogP contribution < -0.4 is 10.1 Å². The summed E-state index contributed by atoms with van der Waals surface area (Å²) in [6, 6.07) is 13.5. The number of aromatic nitrogens is 2. The van der Waals surface area contributed by atoms with Gasteiger partial charge < -0.3 is 10.1 Å². The molecule has 4 nitrogen and oxygen atoms in total. The van der Waals surface area contributed by atoms with Crippen molar-refractivity contribution < 1.29 is 4.74 Å². The van der Waals surface area contributed by atoms with E-state index in [1.54, 1.807) is 13.3 Å². The number of hydrogen-bond acceptors (Lipinski definition) is 5. The lowest BCUT2D eigenvalue weighted by Crippen LogP contribution is -1.92. The molecule has 3 rings (SSSR count). The Balaban J connectivity index is 1.95. The molecule has 2 aromatic heterocycles. The molecule has 21 heavy (non-hydrogen) atoms. The second kappa shape index (κ2) is 6.24. The monoisotopic (exact) mass is 361 g/mol. The third-order valence-corrected chi connectivity index (χ3v) is 4.47. The van der Waals surface area contributed by atoms with Gasteiger partial charge in [0, 0.05) is 11.8 Å². The van der Waals surface area contributed by atoms with Gasteiger partial charge in [0.1, 0.15) is 17.3 Å². The minimum Gasteiger partial charge on any atom is -0.496 e. The van der Waals surface area contributed by atoms with Crippen LogP contribution in [-0.2, 0) is 0 Å². The summed E-state index contributed by atoms with van der Waals surface area (Å²) >= 11 is 5.09. The van der Waals surface area contributed by atoms with Crippen LogP contribution in [0.3, 0.4) is 0 Å². The van der Waals surface area contributed by atoms with E-state index in [-0.39, 0.29) is 0 Å². The molecule has 3 aromatic rings. The lowest BCUT2D eigenvalue weighted by Gasteiger charge is -2.05. The highest BCUT2D eigenvalue weighted by molar-refractivity contribution is 9.11. The number of thiazole rings is 1. The van der Waals surface area contributed by atoms with Crippen molar-refractivity contribution in [1.82, 2.24) is 9.97 Å². The summed E-state index contributed by atoms with van der Waals surface area (Å²) in [7, 11) is 1.66. The average molecular weight is 362 g/mol. The molecule has 0 aliphatic heterocycles. The molecule has 0 spiro atoms. The van der Waals surface area contributed by atoms with Crippen LogP contribution in [0.5, 0.6) is 5.75 Å². The summed E-state index contributed by atoms with van der Waals surface area (Å²) in [5, 5.41) is 3.98. The standard InChI is InChI=1S/C15H12BrN3OS/c1-20-11-7-3-2-6-10(11)13-14(16)21-15(19-13)18-12-8-4-5-9-17-12/h2-9H,1H3,(H,17,18,19). The van der Waals surface area contributed by atoms with Gasteiger partial charge >= 0.3 is 0 Å². The van der Waals surface area contributed by atoms with Gasteiger partial charge in [0.25, 0.3) is 0 Å². The van der Waals surface area contributed by atoms with Gasteiger partial charge in [0.15, 0.2) is 5.13 Å². The molecule has 1 aromatic carbocycles. The Labute approximate surface area is 135 Å². The molecular weight excluding hydrogens is 350 g/mol. The number of anilines is 2. The van der Waals surface area contributed by atoms with Gasteiger partial charge in [-0.1, -0.05) is 29.5 Å². The predicted octanol–water partition coefficient (Wildman–Crippen LogP) is 4.72. The average Bonchev–Trinajstić information content (AvgIpc) is 2.88. The molecule has 1 N–H and O–H groups in total. The summed E-state index contributed by atoms with van der Waals surface area (Å²) in [5.41, 5.74) is 1.81. The molecule has 0 radical (unpaired) electrons. The molecule has 106 valence electrons. The van der Waals surface area contributed by atoms with Crippen molar-refractivity contribution in [2.24, 2.45) is 0 Å². The molecule has 0 saturated heterocycles. The third kappa shape index (κ3) is 3.06. The highest BCUT2D eigenvalue weighted by Crippen LogP contribution is 2.39. The molecule has 0 aliphatic carbocycles. The predicted molar refractivity (Wildman–Crippen MR) is 89.3 cm³/mol. The molecule has 0 saturated carbocycles. The first-order chi connectivity index (χ1) is 10.3. The van der Waals surface area contributed by atoms with E-state index >= 15 is 0 Å². The molecule has 0 atom stereocenters. The van der Waals surface area contributed by atoms with Gasteiger partial charge in [0.2, 0.25) is 0 Å². The van der Waals surface area contributed by atoms with Crippen molar-refractivity contribution >= 4 is 38.2 Å². The maximum absolute atomic E-state index is 5.39. The number of ether oxygens (including phenoxy) is 1. The number of hydrogen-bond donors (Lipinski definition) is 1. The number of nitrogens with one attached hydrogen (secondary N) is 1. The van der Waals surface area contributed by atoms with E-state index in [1.807, 2.05) is 42.5 Å². The van der Waals surface area contributed by atoms with E-state index in [4.69, 9.17) is 4.74 Å². The van der Waals surface area contributed by atoms with Crippen LogP contribution in [0.1, 0.15) is 0 Å². The number of para-hydroxylation sites is 1. The quantitative estimate of drug-likeness (QED) is 0.730. The Morgan fingerprint density at radius 1 is 1.14 bits per heavy atom.